The molecule has 1 aliphatic heterocycles. The fourth-order valence-electron chi connectivity index (χ4n) is 3.99. The van der Waals surface area contributed by atoms with Gasteiger partial charge in [0.15, 0.2) is 0 Å². The van der Waals surface area contributed by atoms with Gasteiger partial charge in [-0.3, -0.25) is 4.79 Å². The summed E-state index contributed by atoms with van der Waals surface area (Å²) < 4.78 is 5.47. The normalized spacial score (nSPS) is 23.0. The minimum atomic E-state index is -0.556. The van der Waals surface area contributed by atoms with Gasteiger partial charge in [-0.1, -0.05) is 55.8 Å². The van der Waals surface area contributed by atoms with Gasteiger partial charge in [-0.05, 0) is 43.4 Å². The van der Waals surface area contributed by atoms with Crippen molar-refractivity contribution in [3.8, 4) is 0 Å². The molecule has 4 nitrogen and oxygen atoms in total. The number of ether oxygens (including phenoxy) is 1. The number of hydrogen-bond acceptors (Lipinski definition) is 4. The summed E-state index contributed by atoms with van der Waals surface area (Å²) >= 11 is 13.9. The molecule has 0 bridgehead atoms. The second-order valence-corrected chi connectivity index (χ2v) is 9.55. The highest BCUT2D eigenvalue weighted by Gasteiger charge is 2.45. The van der Waals surface area contributed by atoms with E-state index in [1.54, 1.807) is 34.9 Å². The molecule has 1 saturated heterocycles. The van der Waals surface area contributed by atoms with Crippen molar-refractivity contribution in [1.29, 1.82) is 0 Å². The molecule has 154 valence electrons. The number of thioether (sulfide) groups is 1. The predicted octanol–water partition coefficient (Wildman–Crippen LogP) is 5.80. The smallest absolute Gasteiger partial charge is 0.329 e. The summed E-state index contributed by atoms with van der Waals surface area (Å²) in [7, 11) is 0. The predicted molar refractivity (Wildman–Crippen MR) is 115 cm³/mol. The van der Waals surface area contributed by atoms with E-state index in [9.17, 15) is 9.59 Å². The topological polar surface area (TPSA) is 46.6 Å². The zero-order chi connectivity index (χ0) is 20.1. The van der Waals surface area contributed by atoms with Crippen molar-refractivity contribution < 1.29 is 14.3 Å². The molecule has 2 aliphatic rings. The highest BCUT2D eigenvalue weighted by atomic mass is 35.5. The van der Waals surface area contributed by atoms with Crippen molar-refractivity contribution in [2.75, 3.05) is 12.4 Å². The Morgan fingerprint density at radius 3 is 2.46 bits per heavy atom. The molecule has 3 rings (SSSR count). The number of esters is 1. The molecule has 1 amide bonds. The highest BCUT2D eigenvalue weighted by molar-refractivity contribution is 8.00. The average molecular weight is 444 g/mol. The van der Waals surface area contributed by atoms with E-state index >= 15 is 0 Å². The van der Waals surface area contributed by atoms with Gasteiger partial charge in [0.05, 0.1) is 12.0 Å². The van der Waals surface area contributed by atoms with Gasteiger partial charge in [-0.15, -0.1) is 11.8 Å². The maximum absolute atomic E-state index is 13.4. The second kappa shape index (κ2) is 10.2. The van der Waals surface area contributed by atoms with Gasteiger partial charge in [-0.25, -0.2) is 4.79 Å². The van der Waals surface area contributed by atoms with Crippen LogP contribution in [0.2, 0.25) is 10.0 Å². The van der Waals surface area contributed by atoms with E-state index in [1.807, 2.05) is 0 Å². The van der Waals surface area contributed by atoms with Crippen molar-refractivity contribution in [3.63, 3.8) is 0 Å². The third kappa shape index (κ3) is 5.17. The fraction of sp³-hybridized carbons (Fsp3) is 0.619. The van der Waals surface area contributed by atoms with Crippen LogP contribution in [-0.2, 0) is 9.53 Å². The summed E-state index contributed by atoms with van der Waals surface area (Å²) in [6.07, 6.45) is 7.58. The molecule has 1 heterocycles. The number of carbonyl (C=O) groups excluding carboxylic acids is 2. The quantitative estimate of drug-likeness (QED) is 0.411. The molecule has 28 heavy (non-hydrogen) atoms. The first-order valence-corrected chi connectivity index (χ1v) is 11.9. The zero-order valence-corrected chi connectivity index (χ0v) is 18.5. The van der Waals surface area contributed by atoms with Crippen LogP contribution in [0.1, 0.15) is 62.2 Å². The van der Waals surface area contributed by atoms with Crippen molar-refractivity contribution in [3.05, 3.63) is 33.8 Å². The maximum Gasteiger partial charge on any atom is 0.329 e. The van der Waals surface area contributed by atoms with Gasteiger partial charge in [-0.2, -0.15) is 0 Å². The number of hydrogen-bond donors (Lipinski definition) is 0. The lowest BCUT2D eigenvalue weighted by Crippen LogP contribution is -2.48. The first kappa shape index (κ1) is 21.8. The summed E-state index contributed by atoms with van der Waals surface area (Å²) in [5.74, 6) is 0.487. The standard InChI is InChI=1S/C21H27Cl2NO3S/c1-2-3-9-27-21(26)18-13-28-20(14-7-5-4-6-8-14)24(18)19(25)15-10-16(22)12-17(23)11-15/h10-12,14,18,20H,2-9,13H2,1H3. The van der Waals surface area contributed by atoms with E-state index in [4.69, 9.17) is 27.9 Å². The lowest BCUT2D eigenvalue weighted by atomic mass is 9.88. The number of nitrogens with zero attached hydrogens (tertiary/aromatic N) is 1. The molecule has 1 aromatic rings. The SMILES string of the molecule is CCCCOC(=O)C1CSC(C2CCCCC2)N1C(=O)c1cc(Cl)cc(Cl)c1. The second-order valence-electron chi connectivity index (χ2n) is 7.53. The van der Waals surface area contributed by atoms with Crippen LogP contribution in [0.15, 0.2) is 18.2 Å². The number of amides is 1. The zero-order valence-electron chi connectivity index (χ0n) is 16.2. The number of halogens is 2. The molecule has 0 spiro atoms. The van der Waals surface area contributed by atoms with Crippen LogP contribution in [0.25, 0.3) is 0 Å². The molecule has 0 N–H and O–H groups in total. The molecule has 1 aromatic carbocycles. The van der Waals surface area contributed by atoms with Crippen molar-refractivity contribution >= 4 is 46.8 Å². The van der Waals surface area contributed by atoms with E-state index in [0.717, 1.165) is 25.7 Å². The van der Waals surface area contributed by atoms with E-state index in [-0.39, 0.29) is 17.3 Å². The molecule has 7 heteroatoms. The van der Waals surface area contributed by atoms with Gasteiger partial charge in [0.2, 0.25) is 0 Å². The third-order valence-corrected chi connectivity index (χ3v) is 7.34. The number of rotatable bonds is 6. The van der Waals surface area contributed by atoms with Crippen LogP contribution in [0.4, 0.5) is 0 Å². The fourth-order valence-corrected chi connectivity index (χ4v) is 6.14. The Morgan fingerprint density at radius 1 is 1.14 bits per heavy atom. The Hall–Kier alpha value is -0.910. The molecule has 2 fully saturated rings. The molecular weight excluding hydrogens is 417 g/mol. The largest absolute Gasteiger partial charge is 0.464 e. The van der Waals surface area contributed by atoms with Crippen molar-refractivity contribution in [2.24, 2.45) is 5.92 Å². The van der Waals surface area contributed by atoms with Gasteiger partial charge >= 0.3 is 5.97 Å². The van der Waals surface area contributed by atoms with Crippen LogP contribution in [0, 0.1) is 5.92 Å². The Balaban J connectivity index is 1.85. The molecular formula is C21H27Cl2NO3S. The average Bonchev–Trinajstić information content (AvgIpc) is 3.12. The number of carbonyl (C=O) groups is 2. The van der Waals surface area contributed by atoms with Crippen LogP contribution in [0.3, 0.4) is 0 Å². The van der Waals surface area contributed by atoms with E-state index < -0.39 is 6.04 Å². The minimum absolute atomic E-state index is 0.00529. The lowest BCUT2D eigenvalue weighted by molar-refractivity contribution is -0.148. The first-order valence-electron chi connectivity index (χ1n) is 10.1. The van der Waals surface area contributed by atoms with Crippen LogP contribution >= 0.6 is 35.0 Å². The first-order chi connectivity index (χ1) is 13.5. The lowest BCUT2D eigenvalue weighted by Gasteiger charge is -2.35. The van der Waals surface area contributed by atoms with Gasteiger partial charge in [0.1, 0.15) is 6.04 Å². The van der Waals surface area contributed by atoms with E-state index in [2.05, 4.69) is 6.92 Å². The third-order valence-electron chi connectivity index (χ3n) is 5.45. The monoisotopic (exact) mass is 443 g/mol. The van der Waals surface area contributed by atoms with Crippen LogP contribution in [0.5, 0.6) is 0 Å². The molecule has 0 radical (unpaired) electrons. The van der Waals surface area contributed by atoms with Gasteiger partial charge in [0.25, 0.3) is 5.91 Å². The number of benzene rings is 1. The molecule has 1 aliphatic carbocycles. The summed E-state index contributed by atoms with van der Waals surface area (Å²) in [4.78, 5) is 27.9. The maximum atomic E-state index is 13.4. The Bertz CT molecular complexity index is 689. The molecule has 2 unspecified atom stereocenters. The highest BCUT2D eigenvalue weighted by Crippen LogP contribution is 2.41. The number of unbranched alkanes of at least 4 members (excludes halogenated alkanes) is 1. The summed E-state index contributed by atoms with van der Waals surface area (Å²) in [6.45, 7) is 2.45. The summed E-state index contributed by atoms with van der Waals surface area (Å²) in [5, 5.41) is 0.826. The van der Waals surface area contributed by atoms with Crippen LogP contribution < -0.4 is 0 Å². The van der Waals surface area contributed by atoms with E-state index in [0.29, 0.717) is 33.9 Å². The Morgan fingerprint density at radius 2 is 1.82 bits per heavy atom. The van der Waals surface area contributed by atoms with Gasteiger partial charge in [0, 0.05) is 21.4 Å². The Labute approximate surface area is 181 Å². The molecule has 0 aromatic heterocycles. The minimum Gasteiger partial charge on any atom is -0.464 e. The Kier molecular flexibility index (Phi) is 7.95. The summed E-state index contributed by atoms with van der Waals surface area (Å²) in [6, 6.07) is 4.29. The van der Waals surface area contributed by atoms with Crippen molar-refractivity contribution in [2.45, 2.75) is 63.3 Å². The molecule has 1 saturated carbocycles. The summed E-state index contributed by atoms with van der Waals surface area (Å²) in [5.41, 5.74) is 0.423. The van der Waals surface area contributed by atoms with Crippen LogP contribution in [-0.4, -0.2) is 40.6 Å². The van der Waals surface area contributed by atoms with Gasteiger partial charge < -0.3 is 9.64 Å². The van der Waals surface area contributed by atoms with E-state index in [1.165, 1.54) is 19.3 Å². The van der Waals surface area contributed by atoms with Crippen molar-refractivity contribution in [1.82, 2.24) is 4.90 Å². The molecule has 2 atom stereocenters.